The maximum atomic E-state index is 12.2. The van der Waals surface area contributed by atoms with Crippen molar-refractivity contribution in [2.75, 3.05) is 32.9 Å². The summed E-state index contributed by atoms with van der Waals surface area (Å²) in [7, 11) is -1.69. The van der Waals surface area contributed by atoms with E-state index >= 15 is 0 Å². The highest BCUT2D eigenvalue weighted by atomic mass is 32.2. The molecular formula is C16H25N3O4S. The molecule has 1 atom stereocenters. The number of hydrogen-bond donors (Lipinski definition) is 1. The number of furan rings is 1. The van der Waals surface area contributed by atoms with Gasteiger partial charge in [-0.1, -0.05) is 0 Å². The van der Waals surface area contributed by atoms with Crippen molar-refractivity contribution in [1.82, 2.24) is 14.5 Å². The predicted octanol–water partition coefficient (Wildman–Crippen LogP) is 0.773. The number of hydrogen-bond acceptors (Lipinski definition) is 5. The lowest BCUT2D eigenvalue weighted by Gasteiger charge is -2.32. The molecule has 1 spiro atoms. The summed E-state index contributed by atoms with van der Waals surface area (Å²) in [5.41, 5.74) is -0.232. The lowest BCUT2D eigenvalue weighted by molar-refractivity contribution is -0.132. The van der Waals surface area contributed by atoms with Gasteiger partial charge in [0.1, 0.15) is 11.5 Å². The number of nitrogens with zero attached hydrogens (tertiary/aromatic N) is 2. The fourth-order valence-electron chi connectivity index (χ4n) is 3.56. The first-order chi connectivity index (χ1) is 11.3. The van der Waals surface area contributed by atoms with Gasteiger partial charge in [-0.2, -0.15) is 4.31 Å². The van der Waals surface area contributed by atoms with Gasteiger partial charge in [0.15, 0.2) is 0 Å². The van der Waals surface area contributed by atoms with Gasteiger partial charge in [0.2, 0.25) is 15.9 Å². The molecular weight excluding hydrogens is 330 g/mol. The summed E-state index contributed by atoms with van der Waals surface area (Å²) in [6.45, 7) is 3.31. The van der Waals surface area contributed by atoms with Gasteiger partial charge in [-0.3, -0.25) is 9.69 Å². The third-order valence-electron chi connectivity index (χ3n) is 5.07. The van der Waals surface area contributed by atoms with Crippen LogP contribution in [0.1, 0.15) is 30.8 Å². The Bertz CT molecular complexity index is 715. The summed E-state index contributed by atoms with van der Waals surface area (Å²) in [5.74, 6) is 1.62. The second-order valence-electron chi connectivity index (χ2n) is 6.99. The van der Waals surface area contributed by atoms with Crippen LogP contribution in [0, 0.1) is 5.41 Å². The Kier molecular flexibility index (Phi) is 4.72. The summed E-state index contributed by atoms with van der Waals surface area (Å²) in [5, 5.41) is 2.99. The first-order valence-corrected chi connectivity index (χ1v) is 10.1. The van der Waals surface area contributed by atoms with Crippen molar-refractivity contribution in [2.24, 2.45) is 5.41 Å². The molecule has 1 amide bonds. The molecule has 2 saturated heterocycles. The molecule has 2 fully saturated rings. The summed E-state index contributed by atoms with van der Waals surface area (Å²) in [4.78, 5) is 14.5. The highest BCUT2D eigenvalue weighted by Gasteiger charge is 2.45. The number of carbonyl (C=O) groups excluding carboxylic acids is 1. The van der Waals surface area contributed by atoms with Crippen LogP contribution in [0.3, 0.4) is 0 Å². The van der Waals surface area contributed by atoms with Gasteiger partial charge in [0.05, 0.1) is 24.8 Å². The topological polar surface area (TPSA) is 82.9 Å². The summed E-state index contributed by atoms with van der Waals surface area (Å²) >= 11 is 0. The molecule has 134 valence electrons. The number of sulfonamides is 1. The molecule has 0 aliphatic carbocycles. The van der Waals surface area contributed by atoms with E-state index in [9.17, 15) is 13.2 Å². The normalized spacial score (nSPS) is 25.5. The lowest BCUT2D eigenvalue weighted by atomic mass is 9.79. The van der Waals surface area contributed by atoms with Gasteiger partial charge < -0.3 is 9.73 Å². The van der Waals surface area contributed by atoms with Crippen LogP contribution in [0.4, 0.5) is 0 Å². The van der Waals surface area contributed by atoms with Crippen LogP contribution in [0.15, 0.2) is 16.5 Å². The van der Waals surface area contributed by atoms with Crippen LogP contribution in [0.5, 0.6) is 0 Å². The van der Waals surface area contributed by atoms with E-state index in [0.29, 0.717) is 12.3 Å². The third-order valence-corrected chi connectivity index (χ3v) is 6.34. The van der Waals surface area contributed by atoms with E-state index in [0.717, 1.165) is 44.7 Å². The molecule has 1 aromatic heterocycles. The van der Waals surface area contributed by atoms with Crippen molar-refractivity contribution in [3.63, 3.8) is 0 Å². The molecule has 7 nitrogen and oxygen atoms in total. The number of likely N-dealkylation sites (tertiary alicyclic amines) is 1. The molecule has 2 aliphatic rings. The third kappa shape index (κ3) is 3.65. The van der Waals surface area contributed by atoms with Crippen LogP contribution >= 0.6 is 0 Å². The van der Waals surface area contributed by atoms with Crippen LogP contribution in [0.25, 0.3) is 0 Å². The van der Waals surface area contributed by atoms with Crippen LogP contribution in [0.2, 0.25) is 0 Å². The second kappa shape index (κ2) is 6.50. The fraction of sp³-hybridized carbons (Fsp3) is 0.688. The van der Waals surface area contributed by atoms with E-state index in [4.69, 9.17) is 4.42 Å². The van der Waals surface area contributed by atoms with E-state index in [1.165, 1.54) is 17.6 Å². The first kappa shape index (κ1) is 17.4. The number of nitrogens with one attached hydrogen (secondary N) is 1. The molecule has 24 heavy (non-hydrogen) atoms. The van der Waals surface area contributed by atoms with Crippen molar-refractivity contribution >= 4 is 15.9 Å². The average Bonchev–Trinajstić information content (AvgIpc) is 3.10. The molecule has 0 bridgehead atoms. The Balaban J connectivity index is 1.59. The zero-order valence-electron chi connectivity index (χ0n) is 14.2. The molecule has 1 aromatic rings. The minimum absolute atomic E-state index is 0.186. The zero-order valence-corrected chi connectivity index (χ0v) is 15.1. The van der Waals surface area contributed by atoms with Gasteiger partial charge in [-0.15, -0.1) is 0 Å². The Labute approximate surface area is 143 Å². The van der Waals surface area contributed by atoms with Gasteiger partial charge in [0, 0.05) is 20.1 Å². The van der Waals surface area contributed by atoms with E-state index < -0.39 is 10.0 Å². The molecule has 0 radical (unpaired) electrons. The fourth-order valence-corrected chi connectivity index (χ4v) is 3.92. The highest BCUT2D eigenvalue weighted by molar-refractivity contribution is 7.88. The highest BCUT2D eigenvalue weighted by Crippen LogP contribution is 2.37. The lowest BCUT2D eigenvalue weighted by Crippen LogP contribution is -2.47. The summed E-state index contributed by atoms with van der Waals surface area (Å²) in [6.07, 6.45) is 4.07. The van der Waals surface area contributed by atoms with Crippen LogP contribution in [-0.4, -0.2) is 56.5 Å². The van der Waals surface area contributed by atoms with Crippen molar-refractivity contribution in [1.29, 1.82) is 0 Å². The minimum atomic E-state index is -3.22. The maximum Gasteiger partial charge on any atom is 0.227 e. The monoisotopic (exact) mass is 355 g/mol. The zero-order chi connectivity index (χ0) is 17.4. The second-order valence-corrected chi connectivity index (χ2v) is 9.08. The van der Waals surface area contributed by atoms with Gasteiger partial charge >= 0.3 is 0 Å². The van der Waals surface area contributed by atoms with Crippen LogP contribution < -0.4 is 5.32 Å². The number of carbonyl (C=O) groups is 1. The number of piperidine rings is 1. The molecule has 1 unspecified atom stereocenters. The molecule has 0 saturated carbocycles. The van der Waals surface area contributed by atoms with E-state index in [1.54, 1.807) is 0 Å². The molecule has 0 aromatic carbocycles. The molecule has 2 aliphatic heterocycles. The van der Waals surface area contributed by atoms with E-state index in [-0.39, 0.29) is 17.9 Å². The van der Waals surface area contributed by atoms with E-state index in [2.05, 4.69) is 10.2 Å². The Hall–Kier alpha value is -1.38. The van der Waals surface area contributed by atoms with Gasteiger partial charge in [-0.25, -0.2) is 8.42 Å². The van der Waals surface area contributed by atoms with Crippen molar-refractivity contribution in [3.8, 4) is 0 Å². The van der Waals surface area contributed by atoms with Gasteiger partial charge in [0.25, 0.3) is 0 Å². The Morgan fingerprint density at radius 3 is 2.79 bits per heavy atom. The van der Waals surface area contributed by atoms with E-state index in [1.807, 2.05) is 12.1 Å². The number of amides is 1. The standard InChI is InChI=1S/C16H25N3O4S/c1-18(24(2,21)22)10-13-4-5-14(23-13)11-19-9-7-16(12-19)6-3-8-17-15(16)20/h4-5H,3,6-12H2,1-2H3,(H,17,20). The van der Waals surface area contributed by atoms with Crippen molar-refractivity contribution < 1.29 is 17.6 Å². The summed E-state index contributed by atoms with van der Waals surface area (Å²) in [6, 6.07) is 3.70. The largest absolute Gasteiger partial charge is 0.463 e. The molecule has 1 N–H and O–H groups in total. The van der Waals surface area contributed by atoms with Gasteiger partial charge in [-0.05, 0) is 37.9 Å². The minimum Gasteiger partial charge on any atom is -0.463 e. The van der Waals surface area contributed by atoms with Crippen molar-refractivity contribution in [3.05, 3.63) is 23.7 Å². The molecule has 3 rings (SSSR count). The average molecular weight is 355 g/mol. The SMILES string of the molecule is CN(Cc1ccc(CN2CCC3(CCCNC3=O)C2)o1)S(C)(=O)=O. The number of rotatable bonds is 5. The van der Waals surface area contributed by atoms with Crippen LogP contribution in [-0.2, 0) is 27.9 Å². The van der Waals surface area contributed by atoms with Crippen molar-refractivity contribution in [2.45, 2.75) is 32.4 Å². The first-order valence-electron chi connectivity index (χ1n) is 8.28. The Morgan fingerprint density at radius 1 is 1.33 bits per heavy atom. The molecule has 8 heteroatoms. The quantitative estimate of drug-likeness (QED) is 0.844. The smallest absolute Gasteiger partial charge is 0.227 e. The molecule has 3 heterocycles. The summed E-state index contributed by atoms with van der Waals surface area (Å²) < 4.78 is 29.9. The maximum absolute atomic E-state index is 12.2. The predicted molar refractivity (Wildman–Crippen MR) is 89.6 cm³/mol. The Morgan fingerprint density at radius 2 is 2.08 bits per heavy atom.